The van der Waals surface area contributed by atoms with Crippen molar-refractivity contribution in [3.05, 3.63) is 46.5 Å². The maximum absolute atomic E-state index is 13.1. The summed E-state index contributed by atoms with van der Waals surface area (Å²) >= 11 is 0. The summed E-state index contributed by atoms with van der Waals surface area (Å²) in [5.74, 6) is -1.80. The minimum Gasteiger partial charge on any atom is -0.478 e. The predicted octanol–water partition coefficient (Wildman–Crippen LogP) is 6.28. The zero-order valence-electron chi connectivity index (χ0n) is 23.0. The van der Waals surface area contributed by atoms with Crippen molar-refractivity contribution in [3.63, 3.8) is 0 Å². The Morgan fingerprint density at radius 2 is 1.19 bits per heavy atom. The molecular formula is C30H42N2O4. The van der Waals surface area contributed by atoms with Crippen molar-refractivity contribution in [1.82, 2.24) is 10.6 Å². The second-order valence-corrected chi connectivity index (χ2v) is 13.8. The van der Waals surface area contributed by atoms with Crippen LogP contribution in [0.2, 0.25) is 0 Å². The molecule has 0 spiro atoms. The monoisotopic (exact) mass is 494 g/mol. The highest BCUT2D eigenvalue weighted by Crippen LogP contribution is 2.47. The third-order valence-electron chi connectivity index (χ3n) is 7.90. The molecule has 2 aliphatic rings. The van der Waals surface area contributed by atoms with E-state index in [0.29, 0.717) is 5.56 Å². The molecule has 0 amide bonds. The topological polar surface area (TPSA) is 98.7 Å². The van der Waals surface area contributed by atoms with E-state index in [9.17, 15) is 19.8 Å². The van der Waals surface area contributed by atoms with Gasteiger partial charge in [-0.15, -0.1) is 0 Å². The van der Waals surface area contributed by atoms with Gasteiger partial charge in [0.05, 0.1) is 11.1 Å². The van der Waals surface area contributed by atoms with Gasteiger partial charge < -0.3 is 20.8 Å². The van der Waals surface area contributed by atoms with Gasteiger partial charge in [-0.25, -0.2) is 9.59 Å². The van der Waals surface area contributed by atoms with Gasteiger partial charge in [-0.1, -0.05) is 6.07 Å². The Morgan fingerprint density at radius 3 is 1.64 bits per heavy atom. The molecule has 0 bridgehead atoms. The lowest BCUT2D eigenvalue weighted by Gasteiger charge is -2.48. The molecule has 2 heterocycles. The first-order valence-electron chi connectivity index (χ1n) is 13.0. The average Bonchev–Trinajstić information content (AvgIpc) is 2.66. The summed E-state index contributed by atoms with van der Waals surface area (Å²) < 4.78 is 0. The van der Waals surface area contributed by atoms with E-state index in [2.05, 4.69) is 66.0 Å². The minimum absolute atomic E-state index is 0.0308. The highest BCUT2D eigenvalue weighted by atomic mass is 16.4. The lowest BCUT2D eigenvalue weighted by atomic mass is 9.68. The lowest BCUT2D eigenvalue weighted by molar-refractivity contribution is 0.0681. The van der Waals surface area contributed by atoms with E-state index in [1.165, 1.54) is 0 Å². The lowest BCUT2D eigenvalue weighted by Crippen LogP contribution is -2.57. The zero-order chi connectivity index (χ0) is 26.8. The molecule has 0 atom stereocenters. The third-order valence-corrected chi connectivity index (χ3v) is 7.90. The summed E-state index contributed by atoms with van der Waals surface area (Å²) in [4.78, 5) is 24.9. The SMILES string of the molecule is CC1(C)CC(c2cc3cc(C(=O)O)ccc3c(C3CC(C)(C)NC(C)(C)C3)c2C(=O)O)CC(C)(C)N1. The number of carboxylic acids is 2. The van der Waals surface area contributed by atoms with Crippen molar-refractivity contribution >= 4 is 22.7 Å². The maximum Gasteiger partial charge on any atom is 0.336 e. The number of rotatable bonds is 4. The fourth-order valence-corrected chi connectivity index (χ4v) is 7.64. The van der Waals surface area contributed by atoms with Gasteiger partial charge in [0.1, 0.15) is 0 Å². The van der Waals surface area contributed by atoms with Crippen molar-refractivity contribution in [2.75, 3.05) is 0 Å². The summed E-state index contributed by atoms with van der Waals surface area (Å²) in [6, 6.07) is 7.11. The van der Waals surface area contributed by atoms with Crippen LogP contribution in [0.1, 0.15) is 125 Å². The molecule has 196 valence electrons. The molecule has 0 aliphatic carbocycles. The van der Waals surface area contributed by atoms with Crippen molar-refractivity contribution in [2.24, 2.45) is 0 Å². The molecule has 4 N–H and O–H groups in total. The quantitative estimate of drug-likeness (QED) is 0.399. The van der Waals surface area contributed by atoms with E-state index >= 15 is 0 Å². The van der Waals surface area contributed by atoms with Crippen LogP contribution < -0.4 is 10.6 Å². The summed E-state index contributed by atoms with van der Waals surface area (Å²) in [7, 11) is 0. The molecule has 2 aliphatic heterocycles. The summed E-state index contributed by atoms with van der Waals surface area (Å²) in [5, 5.41) is 29.5. The van der Waals surface area contributed by atoms with Gasteiger partial charge in [-0.3, -0.25) is 0 Å². The van der Waals surface area contributed by atoms with E-state index < -0.39 is 11.9 Å². The van der Waals surface area contributed by atoms with Crippen molar-refractivity contribution < 1.29 is 19.8 Å². The molecule has 2 aromatic carbocycles. The van der Waals surface area contributed by atoms with Gasteiger partial charge in [0.25, 0.3) is 0 Å². The average molecular weight is 495 g/mol. The zero-order valence-corrected chi connectivity index (χ0v) is 23.0. The van der Waals surface area contributed by atoms with Crippen LogP contribution in [0, 0.1) is 0 Å². The molecule has 6 nitrogen and oxygen atoms in total. The largest absolute Gasteiger partial charge is 0.478 e. The molecular weight excluding hydrogens is 452 g/mol. The molecule has 2 saturated heterocycles. The highest BCUT2D eigenvalue weighted by Gasteiger charge is 2.43. The summed E-state index contributed by atoms with van der Waals surface area (Å²) in [5.41, 5.74) is 1.71. The van der Waals surface area contributed by atoms with E-state index in [-0.39, 0.29) is 39.6 Å². The van der Waals surface area contributed by atoms with E-state index in [1.807, 2.05) is 12.1 Å². The second kappa shape index (κ2) is 8.56. The number of carbonyl (C=O) groups is 2. The number of aromatic carboxylic acids is 2. The fourth-order valence-electron chi connectivity index (χ4n) is 7.64. The van der Waals surface area contributed by atoms with Crippen LogP contribution >= 0.6 is 0 Å². The van der Waals surface area contributed by atoms with Gasteiger partial charge in [0.2, 0.25) is 0 Å². The molecule has 6 heteroatoms. The van der Waals surface area contributed by atoms with Crippen LogP contribution in [0.3, 0.4) is 0 Å². The number of nitrogens with one attached hydrogen (secondary N) is 2. The van der Waals surface area contributed by atoms with Crippen molar-refractivity contribution in [1.29, 1.82) is 0 Å². The summed E-state index contributed by atoms with van der Waals surface area (Å²) in [6.45, 7) is 17.4. The Balaban J connectivity index is 2.03. The molecule has 4 rings (SSSR count). The molecule has 36 heavy (non-hydrogen) atoms. The molecule has 0 aromatic heterocycles. The summed E-state index contributed by atoms with van der Waals surface area (Å²) in [6.07, 6.45) is 3.23. The first-order chi connectivity index (χ1) is 16.4. The highest BCUT2D eigenvalue weighted by molar-refractivity contribution is 6.02. The van der Waals surface area contributed by atoms with Crippen LogP contribution in [-0.4, -0.2) is 44.3 Å². The van der Waals surface area contributed by atoms with Crippen molar-refractivity contribution in [3.8, 4) is 0 Å². The standard InChI is InChI=1S/C30H42N2O4/c1-27(2)13-19(14-28(3,4)31-27)22-12-18-11-17(25(33)34)9-10-21(18)23(24(22)26(35)36)20-15-29(5,6)32-30(7,8)16-20/h9-12,19-20,31-32H,13-16H2,1-8H3,(H,33,34)(H,35,36). The van der Waals surface area contributed by atoms with E-state index in [4.69, 9.17) is 0 Å². The second-order valence-electron chi connectivity index (χ2n) is 13.8. The van der Waals surface area contributed by atoms with E-state index in [0.717, 1.165) is 47.6 Å². The molecule has 2 fully saturated rings. The Bertz CT molecular complexity index is 1190. The number of hydrogen-bond donors (Lipinski definition) is 4. The van der Waals surface area contributed by atoms with Crippen LogP contribution in [0.25, 0.3) is 10.8 Å². The Morgan fingerprint density at radius 1 is 0.722 bits per heavy atom. The fraction of sp³-hybridized carbons (Fsp3) is 0.600. The van der Waals surface area contributed by atoms with Gasteiger partial charge in [0.15, 0.2) is 0 Å². The molecule has 0 radical (unpaired) electrons. The van der Waals surface area contributed by atoms with Crippen LogP contribution in [0.5, 0.6) is 0 Å². The normalized spacial score (nSPS) is 23.4. The first-order valence-corrected chi connectivity index (χ1v) is 13.0. The Labute approximate surface area is 214 Å². The molecule has 0 saturated carbocycles. The van der Waals surface area contributed by atoms with Crippen LogP contribution in [-0.2, 0) is 0 Å². The number of carboxylic acid groups (broad SMARTS) is 2. The predicted molar refractivity (Wildman–Crippen MR) is 144 cm³/mol. The Kier molecular flexibility index (Phi) is 6.33. The molecule has 2 aromatic rings. The van der Waals surface area contributed by atoms with Gasteiger partial charge in [-0.2, -0.15) is 0 Å². The number of piperidine rings is 2. The van der Waals surface area contributed by atoms with Crippen molar-refractivity contribution in [2.45, 2.75) is 115 Å². The van der Waals surface area contributed by atoms with Gasteiger partial charge in [0, 0.05) is 22.2 Å². The minimum atomic E-state index is -0.976. The van der Waals surface area contributed by atoms with E-state index in [1.54, 1.807) is 12.1 Å². The first kappa shape index (κ1) is 26.6. The van der Waals surface area contributed by atoms with Gasteiger partial charge >= 0.3 is 11.9 Å². The smallest absolute Gasteiger partial charge is 0.336 e. The number of hydrogen-bond acceptors (Lipinski definition) is 4. The van der Waals surface area contributed by atoms with Gasteiger partial charge in [-0.05, 0) is 133 Å². The van der Waals surface area contributed by atoms with Crippen LogP contribution in [0.4, 0.5) is 0 Å². The maximum atomic E-state index is 13.1. The number of benzene rings is 2. The Hall–Kier alpha value is -2.44. The number of fused-ring (bicyclic) bond motifs is 1. The third kappa shape index (κ3) is 5.30. The van der Waals surface area contributed by atoms with Crippen LogP contribution in [0.15, 0.2) is 24.3 Å². The molecule has 0 unspecified atom stereocenters.